The summed E-state index contributed by atoms with van der Waals surface area (Å²) in [5.41, 5.74) is 2.83. The third kappa shape index (κ3) is 3.39. The molecular weight excluding hydrogens is 372 g/mol. The van der Waals surface area contributed by atoms with E-state index in [0.29, 0.717) is 12.3 Å². The Morgan fingerprint density at radius 1 is 1.41 bits per heavy atom. The number of carboxylic acid groups (broad SMARTS) is 1. The van der Waals surface area contributed by atoms with Gasteiger partial charge in [0.25, 0.3) is 0 Å². The summed E-state index contributed by atoms with van der Waals surface area (Å²) in [7, 11) is 7.51. The van der Waals surface area contributed by atoms with Gasteiger partial charge < -0.3 is 19.3 Å². The van der Waals surface area contributed by atoms with Crippen LogP contribution in [0.4, 0.5) is 0 Å². The van der Waals surface area contributed by atoms with E-state index in [1.54, 1.807) is 7.11 Å². The molecule has 1 aromatic carbocycles. The van der Waals surface area contributed by atoms with Crippen molar-refractivity contribution in [1.29, 1.82) is 0 Å². The lowest BCUT2D eigenvalue weighted by Gasteiger charge is -2.12. The van der Waals surface area contributed by atoms with Crippen molar-refractivity contribution in [2.24, 2.45) is 7.05 Å². The Morgan fingerprint density at radius 2 is 2.05 bits per heavy atom. The highest BCUT2D eigenvalue weighted by molar-refractivity contribution is 9.10. The molecule has 0 spiro atoms. The van der Waals surface area contributed by atoms with Gasteiger partial charge in [0.15, 0.2) is 0 Å². The van der Waals surface area contributed by atoms with Crippen LogP contribution in [0.5, 0.6) is 5.75 Å². The average Bonchev–Trinajstić information content (AvgIpc) is 2.64. The molecule has 2 rings (SSSR count). The number of rotatable bonds is 5. The number of aliphatic carboxylic acids is 1. The molecule has 0 saturated carbocycles. The summed E-state index contributed by atoms with van der Waals surface area (Å²) in [5, 5.41) is 10.2. The van der Waals surface area contributed by atoms with Crippen molar-refractivity contribution in [1.82, 2.24) is 9.47 Å². The first-order valence-corrected chi connectivity index (χ1v) is 7.35. The topological polar surface area (TPSA) is 54.7 Å². The van der Waals surface area contributed by atoms with Crippen LogP contribution in [0.1, 0.15) is 11.3 Å². The summed E-state index contributed by atoms with van der Waals surface area (Å²) < 4.78 is 8.19. The normalized spacial score (nSPS) is 10.8. The predicted octanol–water partition coefficient (Wildman–Crippen LogP) is 3.06. The van der Waals surface area contributed by atoms with Crippen LogP contribution >= 0.6 is 28.3 Å². The molecule has 2 aromatic rings. The van der Waals surface area contributed by atoms with E-state index >= 15 is 0 Å². The van der Waals surface area contributed by atoms with Crippen molar-refractivity contribution in [2.45, 2.75) is 13.0 Å². The third-order valence-corrected chi connectivity index (χ3v) is 4.30. The first-order valence-electron chi connectivity index (χ1n) is 6.56. The Bertz CT molecular complexity index is 698. The molecule has 0 amide bonds. The van der Waals surface area contributed by atoms with Gasteiger partial charge in [0, 0.05) is 30.2 Å². The molecule has 0 aliphatic carbocycles. The van der Waals surface area contributed by atoms with Gasteiger partial charge in [-0.3, -0.25) is 4.79 Å². The van der Waals surface area contributed by atoms with Gasteiger partial charge in [0.05, 0.1) is 18.0 Å². The van der Waals surface area contributed by atoms with E-state index in [1.807, 2.05) is 38.2 Å². The number of hydrogen-bond acceptors (Lipinski definition) is 3. The van der Waals surface area contributed by atoms with E-state index in [9.17, 15) is 9.90 Å². The van der Waals surface area contributed by atoms with E-state index < -0.39 is 5.97 Å². The van der Waals surface area contributed by atoms with E-state index in [0.717, 1.165) is 26.6 Å². The van der Waals surface area contributed by atoms with Crippen molar-refractivity contribution in [3.63, 3.8) is 0 Å². The Balaban J connectivity index is 0.00000242. The number of nitrogens with zero attached hydrogens (tertiary/aromatic N) is 2. The molecule has 0 atom stereocenters. The van der Waals surface area contributed by atoms with Gasteiger partial charge in [-0.05, 0) is 47.7 Å². The molecule has 1 heterocycles. The van der Waals surface area contributed by atoms with Crippen LogP contribution in [0, 0.1) is 0 Å². The fraction of sp³-hybridized carbons (Fsp3) is 0.400. The van der Waals surface area contributed by atoms with Gasteiger partial charge in [0.1, 0.15) is 5.75 Å². The van der Waals surface area contributed by atoms with Crippen molar-refractivity contribution in [3.8, 4) is 5.75 Å². The predicted molar refractivity (Wildman–Crippen MR) is 93.1 cm³/mol. The number of ether oxygens (including phenoxy) is 1. The number of fused-ring (bicyclic) bond motifs is 1. The molecule has 0 unspecified atom stereocenters. The van der Waals surface area contributed by atoms with E-state index in [-0.39, 0.29) is 18.8 Å². The van der Waals surface area contributed by atoms with Crippen LogP contribution in [0.2, 0.25) is 0 Å². The maximum absolute atomic E-state index is 11.3. The summed E-state index contributed by atoms with van der Waals surface area (Å²) in [5.74, 6) is -0.131. The van der Waals surface area contributed by atoms with Crippen molar-refractivity contribution in [3.05, 3.63) is 27.9 Å². The number of hydrogen-bond donors (Lipinski definition) is 1. The molecule has 22 heavy (non-hydrogen) atoms. The second-order valence-electron chi connectivity index (χ2n) is 5.27. The van der Waals surface area contributed by atoms with Crippen molar-refractivity contribution in [2.75, 3.05) is 21.2 Å². The summed E-state index contributed by atoms with van der Waals surface area (Å²) in [4.78, 5) is 13.3. The molecule has 1 N–H and O–H groups in total. The fourth-order valence-electron chi connectivity index (χ4n) is 2.61. The number of carboxylic acids is 1. The highest BCUT2D eigenvalue weighted by Gasteiger charge is 2.21. The Labute approximate surface area is 144 Å². The Kier molecular flexibility index (Phi) is 6.28. The van der Waals surface area contributed by atoms with Gasteiger partial charge in [-0.25, -0.2) is 0 Å². The molecule has 0 bridgehead atoms. The van der Waals surface area contributed by atoms with Crippen LogP contribution in [0.25, 0.3) is 10.9 Å². The van der Waals surface area contributed by atoms with Crippen LogP contribution < -0.4 is 4.74 Å². The third-order valence-electron chi connectivity index (χ3n) is 3.51. The lowest BCUT2D eigenvalue weighted by atomic mass is 10.1. The smallest absolute Gasteiger partial charge is 0.307 e. The summed E-state index contributed by atoms with van der Waals surface area (Å²) >= 11 is 3.55. The van der Waals surface area contributed by atoms with Crippen LogP contribution in [-0.4, -0.2) is 41.7 Å². The number of methoxy groups -OCH3 is 1. The minimum absolute atomic E-state index is 0. The standard InChI is InChI=1S/C15H19BrN2O3.ClH/c1-17(2)8-11-9(7-13(19)20)14-10(18(11)3)5-6-12(21-4)15(14)16;/h5-6H,7-8H2,1-4H3,(H,19,20);1H. The van der Waals surface area contributed by atoms with Gasteiger partial charge in [0.2, 0.25) is 0 Å². The Morgan fingerprint density at radius 3 is 2.55 bits per heavy atom. The number of halogens is 2. The molecular formula is C15H20BrClN2O3. The summed E-state index contributed by atoms with van der Waals surface area (Å²) in [6.07, 6.45) is -0.00766. The maximum atomic E-state index is 11.3. The van der Waals surface area contributed by atoms with Gasteiger partial charge in [-0.1, -0.05) is 0 Å². The molecule has 7 heteroatoms. The van der Waals surface area contributed by atoms with E-state index in [4.69, 9.17) is 4.74 Å². The average molecular weight is 392 g/mol. The number of benzene rings is 1. The zero-order valence-corrected chi connectivity index (χ0v) is 15.4. The monoisotopic (exact) mass is 390 g/mol. The lowest BCUT2D eigenvalue weighted by molar-refractivity contribution is -0.136. The lowest BCUT2D eigenvalue weighted by Crippen LogP contribution is -2.15. The van der Waals surface area contributed by atoms with Gasteiger partial charge in [-0.2, -0.15) is 0 Å². The number of carbonyl (C=O) groups is 1. The van der Waals surface area contributed by atoms with E-state index in [1.165, 1.54) is 0 Å². The molecule has 5 nitrogen and oxygen atoms in total. The molecule has 122 valence electrons. The first-order chi connectivity index (χ1) is 9.86. The second kappa shape index (κ2) is 7.35. The second-order valence-corrected chi connectivity index (χ2v) is 6.06. The quantitative estimate of drug-likeness (QED) is 0.851. The molecule has 0 aliphatic heterocycles. The maximum Gasteiger partial charge on any atom is 0.307 e. The molecule has 1 aromatic heterocycles. The molecule has 0 aliphatic rings. The fourth-order valence-corrected chi connectivity index (χ4v) is 3.34. The van der Waals surface area contributed by atoms with Gasteiger partial charge >= 0.3 is 5.97 Å². The minimum atomic E-state index is -0.836. The molecule has 0 fully saturated rings. The summed E-state index contributed by atoms with van der Waals surface area (Å²) in [6, 6.07) is 3.85. The highest BCUT2D eigenvalue weighted by Crippen LogP contribution is 2.38. The Hall–Kier alpha value is -1.24. The largest absolute Gasteiger partial charge is 0.496 e. The zero-order valence-electron chi connectivity index (χ0n) is 13.0. The molecule has 0 radical (unpaired) electrons. The van der Waals surface area contributed by atoms with Crippen molar-refractivity contribution >= 4 is 45.2 Å². The highest BCUT2D eigenvalue weighted by atomic mass is 79.9. The van der Waals surface area contributed by atoms with E-state index in [2.05, 4.69) is 20.5 Å². The SMILES string of the molecule is COc1ccc2c(c1Br)c(CC(=O)O)c(CN(C)C)n2C.Cl. The zero-order chi connectivity index (χ0) is 15.7. The molecule has 0 saturated heterocycles. The van der Waals surface area contributed by atoms with Crippen LogP contribution in [-0.2, 0) is 24.8 Å². The van der Waals surface area contributed by atoms with Gasteiger partial charge in [-0.15, -0.1) is 12.4 Å². The van der Waals surface area contributed by atoms with Crippen LogP contribution in [0.3, 0.4) is 0 Å². The van der Waals surface area contributed by atoms with Crippen LogP contribution in [0.15, 0.2) is 16.6 Å². The van der Waals surface area contributed by atoms with Crippen molar-refractivity contribution < 1.29 is 14.6 Å². The summed E-state index contributed by atoms with van der Waals surface area (Å²) in [6.45, 7) is 0.683. The first kappa shape index (κ1) is 18.8. The number of aryl methyl sites for hydroxylation is 1. The number of aromatic nitrogens is 1. The minimum Gasteiger partial charge on any atom is -0.496 e.